The molecule has 0 aromatic rings. The van der Waals surface area contributed by atoms with Crippen molar-refractivity contribution in [2.45, 2.75) is 44.9 Å². The molecule has 0 amide bonds. The fourth-order valence-corrected chi connectivity index (χ4v) is 2.72. The van der Waals surface area contributed by atoms with E-state index in [1.54, 1.807) is 0 Å². The van der Waals surface area contributed by atoms with Crippen molar-refractivity contribution in [3.8, 4) is 0 Å². The molecule has 2 aliphatic rings. The summed E-state index contributed by atoms with van der Waals surface area (Å²) >= 11 is 0. The van der Waals surface area contributed by atoms with Gasteiger partial charge in [0.1, 0.15) is 5.72 Å². The average Bonchev–Trinajstić information content (AvgIpc) is 2.54. The number of ether oxygens (including phenoxy) is 1. The Morgan fingerprint density at radius 1 is 1.42 bits per heavy atom. The van der Waals surface area contributed by atoms with Crippen LogP contribution in [-0.2, 0) is 4.74 Å². The van der Waals surface area contributed by atoms with Gasteiger partial charge in [0.2, 0.25) is 0 Å². The topological polar surface area (TPSA) is 12.5 Å². The highest BCUT2D eigenvalue weighted by Gasteiger charge is 2.50. The van der Waals surface area contributed by atoms with E-state index < -0.39 is 0 Å². The minimum absolute atomic E-state index is 0.111. The summed E-state index contributed by atoms with van der Waals surface area (Å²) in [5, 5.41) is 0. The molecule has 1 aliphatic carbocycles. The first-order valence-electron chi connectivity index (χ1n) is 5.04. The Morgan fingerprint density at radius 2 is 2.17 bits per heavy atom. The van der Waals surface area contributed by atoms with Crippen molar-refractivity contribution < 1.29 is 4.74 Å². The van der Waals surface area contributed by atoms with Gasteiger partial charge in [0.15, 0.2) is 0 Å². The van der Waals surface area contributed by atoms with E-state index in [0.29, 0.717) is 12.0 Å². The van der Waals surface area contributed by atoms with Crippen LogP contribution in [0.15, 0.2) is 0 Å². The largest absolute Gasteiger partial charge is 0.359 e. The molecule has 1 saturated carbocycles. The Hall–Kier alpha value is -0.0800. The molecule has 0 aromatic carbocycles. The number of nitrogens with zero attached hydrogens (tertiary/aromatic N) is 1. The summed E-state index contributed by atoms with van der Waals surface area (Å²) in [5.41, 5.74) is 0.111. The predicted octanol–water partition coefficient (Wildman–Crippen LogP) is 1.85. The Labute approximate surface area is 74.9 Å². The van der Waals surface area contributed by atoms with Gasteiger partial charge in [-0.05, 0) is 39.2 Å². The average molecular weight is 169 g/mol. The summed E-state index contributed by atoms with van der Waals surface area (Å²) in [6, 6.07) is 0.602. The van der Waals surface area contributed by atoms with Gasteiger partial charge in [-0.15, -0.1) is 0 Å². The van der Waals surface area contributed by atoms with Crippen LogP contribution >= 0.6 is 0 Å². The molecule has 12 heavy (non-hydrogen) atoms. The Kier molecular flexibility index (Phi) is 1.92. The van der Waals surface area contributed by atoms with Gasteiger partial charge in [-0.1, -0.05) is 6.92 Å². The Balaban J connectivity index is 2.20. The van der Waals surface area contributed by atoms with Crippen molar-refractivity contribution in [1.82, 2.24) is 4.90 Å². The predicted molar refractivity (Wildman–Crippen MR) is 48.9 cm³/mol. The van der Waals surface area contributed by atoms with Gasteiger partial charge >= 0.3 is 0 Å². The molecule has 1 heterocycles. The molecule has 1 aliphatic heterocycles. The van der Waals surface area contributed by atoms with Gasteiger partial charge < -0.3 is 4.74 Å². The highest BCUT2D eigenvalue weighted by Crippen LogP contribution is 2.44. The monoisotopic (exact) mass is 169 g/mol. The molecular weight excluding hydrogens is 150 g/mol. The first kappa shape index (κ1) is 8.52. The van der Waals surface area contributed by atoms with E-state index in [0.717, 1.165) is 6.61 Å². The lowest BCUT2D eigenvalue weighted by Gasteiger charge is -2.36. The standard InChI is InChI=1S/C10H19NO/c1-8-5-4-6-10(8)11(3)9(2)7-12-10/h8-9H,4-7H2,1-3H3/t8-,9+,10-/m0/s1. The van der Waals surface area contributed by atoms with Crippen LogP contribution in [0, 0.1) is 5.92 Å². The van der Waals surface area contributed by atoms with Gasteiger partial charge in [-0.2, -0.15) is 0 Å². The summed E-state index contributed by atoms with van der Waals surface area (Å²) in [5.74, 6) is 0.715. The molecule has 0 bridgehead atoms. The molecule has 2 nitrogen and oxygen atoms in total. The number of rotatable bonds is 0. The number of likely N-dealkylation sites (N-methyl/N-ethyl adjacent to an activating group) is 1. The third-order valence-corrected chi connectivity index (χ3v) is 3.77. The van der Waals surface area contributed by atoms with Crippen LogP contribution in [0.1, 0.15) is 33.1 Å². The lowest BCUT2D eigenvalue weighted by atomic mass is 10.0. The number of hydrogen-bond donors (Lipinski definition) is 0. The lowest BCUT2D eigenvalue weighted by Crippen LogP contribution is -2.46. The summed E-state index contributed by atoms with van der Waals surface area (Å²) in [6.07, 6.45) is 3.89. The zero-order valence-electron chi connectivity index (χ0n) is 8.34. The second kappa shape index (κ2) is 2.71. The maximum Gasteiger partial charge on any atom is 0.124 e. The van der Waals surface area contributed by atoms with Crippen molar-refractivity contribution in [3.63, 3.8) is 0 Å². The molecular formula is C10H19NO. The van der Waals surface area contributed by atoms with E-state index in [2.05, 4.69) is 25.8 Å². The van der Waals surface area contributed by atoms with E-state index in [9.17, 15) is 0 Å². The SMILES string of the molecule is C[C@@H]1CO[C@]2(CCC[C@@H]2C)N1C. The summed E-state index contributed by atoms with van der Waals surface area (Å²) in [4.78, 5) is 2.44. The minimum Gasteiger partial charge on any atom is -0.359 e. The van der Waals surface area contributed by atoms with Gasteiger partial charge in [-0.25, -0.2) is 0 Å². The fourth-order valence-electron chi connectivity index (χ4n) is 2.72. The van der Waals surface area contributed by atoms with E-state index in [4.69, 9.17) is 4.74 Å². The zero-order valence-corrected chi connectivity index (χ0v) is 8.34. The van der Waals surface area contributed by atoms with Crippen LogP contribution in [0.5, 0.6) is 0 Å². The smallest absolute Gasteiger partial charge is 0.124 e. The van der Waals surface area contributed by atoms with Crippen molar-refractivity contribution in [2.24, 2.45) is 5.92 Å². The van der Waals surface area contributed by atoms with E-state index >= 15 is 0 Å². The molecule has 1 saturated heterocycles. The molecule has 2 rings (SSSR count). The summed E-state index contributed by atoms with van der Waals surface area (Å²) < 4.78 is 5.96. The third-order valence-electron chi connectivity index (χ3n) is 3.77. The molecule has 0 radical (unpaired) electrons. The van der Waals surface area contributed by atoms with Crippen LogP contribution < -0.4 is 0 Å². The molecule has 70 valence electrons. The van der Waals surface area contributed by atoms with E-state index in [1.807, 2.05) is 0 Å². The molecule has 0 unspecified atom stereocenters. The van der Waals surface area contributed by atoms with Gasteiger partial charge in [0.25, 0.3) is 0 Å². The Morgan fingerprint density at radius 3 is 2.58 bits per heavy atom. The highest BCUT2D eigenvalue weighted by atomic mass is 16.5. The normalized spacial score (nSPS) is 49.2. The zero-order chi connectivity index (χ0) is 8.77. The molecule has 0 aromatic heterocycles. The summed E-state index contributed by atoms with van der Waals surface area (Å²) in [6.45, 7) is 5.49. The maximum absolute atomic E-state index is 5.96. The van der Waals surface area contributed by atoms with Crippen LogP contribution in [0.3, 0.4) is 0 Å². The first-order chi connectivity index (χ1) is 5.67. The van der Waals surface area contributed by atoms with E-state index in [-0.39, 0.29) is 5.72 Å². The molecule has 2 fully saturated rings. The molecule has 1 spiro atoms. The summed E-state index contributed by atoms with van der Waals surface area (Å²) in [7, 11) is 2.21. The highest BCUT2D eigenvalue weighted by molar-refractivity contribution is 4.96. The quantitative estimate of drug-likeness (QED) is 0.549. The van der Waals surface area contributed by atoms with Crippen LogP contribution in [0.2, 0.25) is 0 Å². The van der Waals surface area contributed by atoms with Gasteiger partial charge in [0, 0.05) is 6.04 Å². The lowest BCUT2D eigenvalue weighted by molar-refractivity contribution is -0.0979. The van der Waals surface area contributed by atoms with Crippen molar-refractivity contribution in [1.29, 1.82) is 0 Å². The van der Waals surface area contributed by atoms with Crippen molar-refractivity contribution in [2.75, 3.05) is 13.7 Å². The Bertz CT molecular complexity index is 183. The van der Waals surface area contributed by atoms with Crippen molar-refractivity contribution in [3.05, 3.63) is 0 Å². The maximum atomic E-state index is 5.96. The van der Waals surface area contributed by atoms with Crippen LogP contribution in [-0.4, -0.2) is 30.3 Å². The second-order valence-corrected chi connectivity index (χ2v) is 4.41. The second-order valence-electron chi connectivity index (χ2n) is 4.41. The van der Waals surface area contributed by atoms with Gasteiger partial charge in [-0.3, -0.25) is 4.90 Å². The first-order valence-corrected chi connectivity index (χ1v) is 5.04. The minimum atomic E-state index is 0.111. The molecule has 0 N–H and O–H groups in total. The molecule has 2 heteroatoms. The van der Waals surface area contributed by atoms with Gasteiger partial charge in [0.05, 0.1) is 6.61 Å². The van der Waals surface area contributed by atoms with Crippen LogP contribution in [0.4, 0.5) is 0 Å². The van der Waals surface area contributed by atoms with Crippen molar-refractivity contribution >= 4 is 0 Å². The van der Waals surface area contributed by atoms with Crippen LogP contribution in [0.25, 0.3) is 0 Å². The number of hydrogen-bond acceptors (Lipinski definition) is 2. The van der Waals surface area contributed by atoms with E-state index in [1.165, 1.54) is 19.3 Å². The molecule has 3 atom stereocenters. The fraction of sp³-hybridized carbons (Fsp3) is 1.00. The third kappa shape index (κ3) is 0.944.